The first-order chi connectivity index (χ1) is 15.4. The molecule has 0 spiro atoms. The van der Waals surface area contributed by atoms with Crippen molar-refractivity contribution in [2.45, 2.75) is 19.5 Å². The lowest BCUT2D eigenvalue weighted by Crippen LogP contribution is -2.41. The van der Waals surface area contributed by atoms with Crippen LogP contribution in [-0.4, -0.2) is 49.5 Å². The van der Waals surface area contributed by atoms with Crippen LogP contribution in [0, 0.1) is 0 Å². The second-order valence-corrected chi connectivity index (χ2v) is 7.47. The van der Waals surface area contributed by atoms with Crippen molar-refractivity contribution in [2.24, 2.45) is 0 Å². The van der Waals surface area contributed by atoms with Gasteiger partial charge < -0.3 is 19.7 Å². The number of amides is 2. The van der Waals surface area contributed by atoms with E-state index in [1.807, 2.05) is 36.4 Å². The van der Waals surface area contributed by atoms with Crippen molar-refractivity contribution in [2.75, 3.05) is 20.8 Å². The van der Waals surface area contributed by atoms with Gasteiger partial charge in [-0.1, -0.05) is 36.4 Å². The summed E-state index contributed by atoms with van der Waals surface area (Å²) in [5.41, 5.74) is 1.39. The lowest BCUT2D eigenvalue weighted by atomic mass is 10.1. The Balaban J connectivity index is 1.50. The second kappa shape index (κ2) is 10.4. The lowest BCUT2D eigenvalue weighted by Gasteiger charge is -2.19. The number of fused-ring (bicyclic) bond motifs is 1. The minimum atomic E-state index is -0.877. The second-order valence-electron chi connectivity index (χ2n) is 7.47. The molecule has 3 rings (SSSR count). The summed E-state index contributed by atoms with van der Waals surface area (Å²) >= 11 is 0. The van der Waals surface area contributed by atoms with Crippen molar-refractivity contribution in [3.05, 3.63) is 77.9 Å². The van der Waals surface area contributed by atoms with Crippen LogP contribution in [0.5, 0.6) is 5.75 Å². The van der Waals surface area contributed by atoms with Crippen LogP contribution in [0.4, 0.5) is 0 Å². The Hall–Kier alpha value is -3.87. The zero-order valence-electron chi connectivity index (χ0n) is 18.3. The van der Waals surface area contributed by atoms with E-state index in [1.165, 1.54) is 11.8 Å². The molecule has 0 saturated carbocycles. The Morgan fingerprint density at radius 3 is 2.38 bits per heavy atom. The number of carbonyl (C=O) groups is 3. The predicted octanol–water partition coefficient (Wildman–Crippen LogP) is 3.17. The molecule has 0 fully saturated rings. The summed E-state index contributed by atoms with van der Waals surface area (Å²) in [4.78, 5) is 38.2. The van der Waals surface area contributed by atoms with Gasteiger partial charge in [0.1, 0.15) is 11.8 Å². The Bertz CT molecular complexity index is 1110. The van der Waals surface area contributed by atoms with Crippen LogP contribution in [0.2, 0.25) is 0 Å². The molecule has 3 aromatic rings. The van der Waals surface area contributed by atoms with Crippen molar-refractivity contribution in [1.82, 2.24) is 10.2 Å². The number of nitrogens with zero attached hydrogens (tertiary/aromatic N) is 1. The quantitative estimate of drug-likeness (QED) is 0.551. The molecule has 0 aliphatic rings. The van der Waals surface area contributed by atoms with Gasteiger partial charge in [-0.05, 0) is 53.6 Å². The smallest absolute Gasteiger partial charge is 0.328 e. The monoisotopic (exact) mass is 434 g/mol. The summed E-state index contributed by atoms with van der Waals surface area (Å²) in [6.07, 6.45) is 0. The largest absolute Gasteiger partial charge is 0.497 e. The van der Waals surface area contributed by atoms with E-state index in [0.29, 0.717) is 12.1 Å². The van der Waals surface area contributed by atoms with Gasteiger partial charge in [0.2, 0.25) is 0 Å². The molecule has 0 aliphatic heterocycles. The number of likely N-dealkylation sites (N-methyl/N-ethyl adjacent to an activating group) is 1. The fraction of sp³-hybridized carbons (Fsp3) is 0.240. The van der Waals surface area contributed by atoms with Crippen molar-refractivity contribution >= 4 is 28.6 Å². The average Bonchev–Trinajstić information content (AvgIpc) is 2.82. The number of hydrogen-bond donors (Lipinski definition) is 1. The van der Waals surface area contributed by atoms with Crippen LogP contribution in [0.1, 0.15) is 22.8 Å². The van der Waals surface area contributed by atoms with Gasteiger partial charge in [-0.15, -0.1) is 0 Å². The van der Waals surface area contributed by atoms with E-state index < -0.39 is 18.6 Å². The molecule has 0 aliphatic carbocycles. The van der Waals surface area contributed by atoms with Gasteiger partial charge >= 0.3 is 5.97 Å². The highest BCUT2D eigenvalue weighted by Crippen LogP contribution is 2.22. The molecule has 166 valence electrons. The minimum absolute atomic E-state index is 0.338. The topological polar surface area (TPSA) is 84.9 Å². The SMILES string of the molecule is COc1ccc2cc(CN(C)C(=O)COC(=O)[C@H](C)NC(=O)c3ccccc3)ccc2c1. The molecule has 0 unspecified atom stereocenters. The fourth-order valence-corrected chi connectivity index (χ4v) is 3.16. The summed E-state index contributed by atoms with van der Waals surface area (Å²) in [5.74, 6) is -0.605. The molecular formula is C25H26N2O5. The molecule has 0 heterocycles. The molecule has 7 nitrogen and oxygen atoms in total. The molecule has 1 atom stereocenters. The van der Waals surface area contributed by atoms with Crippen LogP contribution >= 0.6 is 0 Å². The summed E-state index contributed by atoms with van der Waals surface area (Å²) in [7, 11) is 3.27. The molecular weight excluding hydrogens is 408 g/mol. The van der Waals surface area contributed by atoms with E-state index in [1.54, 1.807) is 44.5 Å². The summed E-state index contributed by atoms with van der Waals surface area (Å²) in [6.45, 7) is 1.49. The highest BCUT2D eigenvalue weighted by Gasteiger charge is 2.20. The third-order valence-electron chi connectivity index (χ3n) is 5.03. The number of nitrogens with one attached hydrogen (secondary N) is 1. The number of hydrogen-bond acceptors (Lipinski definition) is 5. The van der Waals surface area contributed by atoms with E-state index in [9.17, 15) is 14.4 Å². The Labute approximate surface area is 186 Å². The van der Waals surface area contributed by atoms with Gasteiger partial charge in [-0.2, -0.15) is 0 Å². The van der Waals surface area contributed by atoms with E-state index in [4.69, 9.17) is 9.47 Å². The molecule has 7 heteroatoms. The van der Waals surface area contributed by atoms with Crippen LogP contribution in [0.25, 0.3) is 10.8 Å². The highest BCUT2D eigenvalue weighted by molar-refractivity contribution is 5.96. The first-order valence-electron chi connectivity index (χ1n) is 10.2. The van der Waals surface area contributed by atoms with Crippen molar-refractivity contribution in [3.8, 4) is 5.75 Å². The van der Waals surface area contributed by atoms with Gasteiger partial charge in [0.05, 0.1) is 7.11 Å². The van der Waals surface area contributed by atoms with E-state index in [2.05, 4.69) is 5.32 Å². The van der Waals surface area contributed by atoms with Crippen LogP contribution < -0.4 is 10.1 Å². The van der Waals surface area contributed by atoms with E-state index in [-0.39, 0.29) is 11.8 Å². The van der Waals surface area contributed by atoms with Gasteiger partial charge in [-0.3, -0.25) is 9.59 Å². The number of rotatable bonds is 8. The number of esters is 1. The Morgan fingerprint density at radius 2 is 1.66 bits per heavy atom. The maximum absolute atomic E-state index is 12.4. The number of methoxy groups -OCH3 is 1. The average molecular weight is 434 g/mol. The van der Waals surface area contributed by atoms with Gasteiger partial charge in [0.15, 0.2) is 6.61 Å². The van der Waals surface area contributed by atoms with Crippen LogP contribution in [0.15, 0.2) is 66.7 Å². The van der Waals surface area contributed by atoms with Crippen molar-refractivity contribution in [1.29, 1.82) is 0 Å². The van der Waals surface area contributed by atoms with Gasteiger partial charge in [-0.25, -0.2) is 4.79 Å². The molecule has 3 aromatic carbocycles. The van der Waals surface area contributed by atoms with Crippen LogP contribution in [-0.2, 0) is 20.9 Å². The normalized spacial score (nSPS) is 11.5. The minimum Gasteiger partial charge on any atom is -0.497 e. The zero-order valence-corrected chi connectivity index (χ0v) is 18.3. The molecule has 32 heavy (non-hydrogen) atoms. The molecule has 2 amide bonds. The van der Waals surface area contributed by atoms with Gasteiger partial charge in [0.25, 0.3) is 11.8 Å². The maximum atomic E-state index is 12.4. The third-order valence-corrected chi connectivity index (χ3v) is 5.03. The van der Waals surface area contributed by atoms with Gasteiger partial charge in [0, 0.05) is 19.2 Å². The maximum Gasteiger partial charge on any atom is 0.328 e. The van der Waals surface area contributed by atoms with E-state index in [0.717, 1.165) is 22.1 Å². The standard InChI is InChI=1S/C25H26N2O5/c1-17(26-24(29)19-7-5-4-6-8-19)25(30)32-16-23(28)27(2)15-18-9-10-21-14-22(31-3)12-11-20(21)13-18/h4-14,17H,15-16H2,1-3H3,(H,26,29)/t17-/m0/s1. The molecule has 0 saturated heterocycles. The summed E-state index contributed by atoms with van der Waals surface area (Å²) in [5, 5.41) is 4.65. The zero-order chi connectivity index (χ0) is 23.1. The molecule has 0 radical (unpaired) electrons. The summed E-state index contributed by atoms with van der Waals surface area (Å²) in [6, 6.07) is 19.4. The van der Waals surface area contributed by atoms with Crippen molar-refractivity contribution < 1.29 is 23.9 Å². The Kier molecular flexibility index (Phi) is 7.44. The van der Waals surface area contributed by atoms with E-state index >= 15 is 0 Å². The predicted molar refractivity (Wildman–Crippen MR) is 121 cm³/mol. The first-order valence-corrected chi connectivity index (χ1v) is 10.2. The molecule has 0 aromatic heterocycles. The number of benzene rings is 3. The number of carbonyl (C=O) groups excluding carboxylic acids is 3. The van der Waals surface area contributed by atoms with Crippen molar-refractivity contribution in [3.63, 3.8) is 0 Å². The first kappa shape index (κ1) is 22.8. The molecule has 1 N–H and O–H groups in total. The lowest BCUT2D eigenvalue weighted by molar-refractivity contribution is -0.153. The summed E-state index contributed by atoms with van der Waals surface area (Å²) < 4.78 is 10.3. The van der Waals surface area contributed by atoms with Crippen LogP contribution in [0.3, 0.4) is 0 Å². The highest BCUT2D eigenvalue weighted by atomic mass is 16.5. The number of ether oxygens (including phenoxy) is 2. The Morgan fingerprint density at radius 1 is 0.969 bits per heavy atom. The molecule has 0 bridgehead atoms. The third kappa shape index (κ3) is 5.85. The fourth-order valence-electron chi connectivity index (χ4n) is 3.16.